The van der Waals surface area contributed by atoms with Gasteiger partial charge in [0.2, 0.25) is 0 Å². The van der Waals surface area contributed by atoms with Crippen LogP contribution in [0.4, 0.5) is 0 Å². The van der Waals surface area contributed by atoms with E-state index in [9.17, 15) is 0 Å². The molecule has 0 fully saturated rings. The van der Waals surface area contributed by atoms with E-state index in [0.29, 0.717) is 0 Å². The van der Waals surface area contributed by atoms with E-state index in [4.69, 9.17) is 9.78 Å². The van der Waals surface area contributed by atoms with Crippen molar-refractivity contribution in [3.05, 3.63) is 206 Å². The van der Waals surface area contributed by atoms with Crippen LogP contribution in [0.1, 0.15) is 27.7 Å². The Morgan fingerprint density at radius 1 is 0.321 bits per heavy atom. The summed E-state index contributed by atoms with van der Waals surface area (Å²) in [6.07, 6.45) is 0. The Labute approximate surface area is 334 Å². The van der Waals surface area contributed by atoms with Crippen LogP contribution in [0.2, 0.25) is 12.1 Å². The molecular weight excluding hydrogens is 713 g/mol. The lowest BCUT2D eigenvalue weighted by atomic mass is 10.1. The van der Waals surface area contributed by atoms with Crippen molar-refractivity contribution in [2.45, 2.75) is 51.0 Å². The minimum atomic E-state index is -2.75. The summed E-state index contributed by atoms with van der Waals surface area (Å²) in [5.74, 6) is 0. The van der Waals surface area contributed by atoms with Crippen molar-refractivity contribution >= 4 is 68.8 Å². The number of benzene rings is 8. The van der Waals surface area contributed by atoms with Crippen molar-refractivity contribution in [3.8, 4) is 0 Å². The molecule has 8 aromatic rings. The van der Waals surface area contributed by atoms with Crippen LogP contribution in [0.15, 0.2) is 206 Å². The van der Waals surface area contributed by atoms with Crippen molar-refractivity contribution in [2.24, 2.45) is 0 Å². The van der Waals surface area contributed by atoms with Crippen molar-refractivity contribution in [1.82, 2.24) is 0 Å². The summed E-state index contributed by atoms with van der Waals surface area (Å²) in [6, 6.07) is 77.4. The molecular formula is C52H50O2Si2. The molecule has 278 valence electrons. The third-order valence-corrected chi connectivity index (χ3v) is 22.2. The Kier molecular flexibility index (Phi) is 10.5. The fourth-order valence-corrected chi connectivity index (χ4v) is 20.2. The molecule has 0 atom stereocenters. The fourth-order valence-electron chi connectivity index (χ4n) is 9.20. The first-order chi connectivity index (χ1) is 27.2. The molecule has 0 radical (unpaired) electrons. The molecule has 0 amide bonds. The summed E-state index contributed by atoms with van der Waals surface area (Å²) >= 11 is 0. The Bertz CT molecular complexity index is 2260. The van der Waals surface area contributed by atoms with Gasteiger partial charge in [0.25, 0.3) is 0 Å². The molecule has 8 aromatic carbocycles. The van der Waals surface area contributed by atoms with Gasteiger partial charge in [0.1, 0.15) is 0 Å². The third-order valence-electron chi connectivity index (χ3n) is 11.4. The van der Waals surface area contributed by atoms with Crippen LogP contribution in [0.3, 0.4) is 0 Å². The summed E-state index contributed by atoms with van der Waals surface area (Å²) in [4.78, 5) is 13.8. The Hall–Kier alpha value is -5.37. The molecule has 0 unspecified atom stereocenters. The summed E-state index contributed by atoms with van der Waals surface area (Å²) in [6.45, 7) is 8.86. The first-order valence-electron chi connectivity index (χ1n) is 19.8. The van der Waals surface area contributed by atoms with Crippen molar-refractivity contribution in [3.63, 3.8) is 0 Å². The van der Waals surface area contributed by atoms with Crippen LogP contribution in [0.25, 0.3) is 21.5 Å². The Morgan fingerprint density at radius 2 is 0.589 bits per heavy atom. The number of fused-ring (bicyclic) bond motifs is 2. The monoisotopic (exact) mass is 762 g/mol. The van der Waals surface area contributed by atoms with E-state index in [-0.39, 0.29) is 0 Å². The zero-order chi connectivity index (χ0) is 38.6. The van der Waals surface area contributed by atoms with Gasteiger partial charge in [0.15, 0.2) is 16.1 Å². The molecule has 0 N–H and O–H groups in total. The fraction of sp³-hybridized carbons (Fsp3) is 0.154. The maximum absolute atomic E-state index is 6.92. The molecule has 0 spiro atoms. The zero-order valence-corrected chi connectivity index (χ0v) is 34.9. The lowest BCUT2D eigenvalue weighted by Gasteiger charge is -2.43. The molecule has 0 saturated carbocycles. The van der Waals surface area contributed by atoms with Gasteiger partial charge in [-0.25, -0.2) is 9.78 Å². The van der Waals surface area contributed by atoms with Gasteiger partial charge in [-0.3, -0.25) is 0 Å². The lowest BCUT2D eigenvalue weighted by Crippen LogP contribution is -2.70. The van der Waals surface area contributed by atoms with Crippen LogP contribution in [-0.2, 0) is 9.78 Å². The highest BCUT2D eigenvalue weighted by atomic mass is 28.3. The predicted octanol–water partition coefficient (Wildman–Crippen LogP) is 9.14. The maximum Gasteiger partial charge on any atom is 0.152 e. The topological polar surface area (TPSA) is 18.5 Å². The van der Waals surface area contributed by atoms with Crippen molar-refractivity contribution < 1.29 is 9.78 Å². The van der Waals surface area contributed by atoms with Crippen LogP contribution in [0.5, 0.6) is 0 Å². The summed E-state index contributed by atoms with van der Waals surface area (Å²) in [5.41, 5.74) is -1.31. The quantitative estimate of drug-likeness (QED) is 0.0505. The first kappa shape index (κ1) is 37.6. The summed E-state index contributed by atoms with van der Waals surface area (Å²) in [7, 11) is -5.50. The minimum absolute atomic E-state index is 0.657. The highest BCUT2D eigenvalue weighted by Crippen LogP contribution is 2.33. The molecule has 0 aliphatic rings. The molecule has 0 aliphatic heterocycles. The molecule has 4 heteroatoms. The molecule has 0 heterocycles. The molecule has 2 nitrogen and oxygen atoms in total. The molecule has 0 bridgehead atoms. The van der Waals surface area contributed by atoms with Crippen molar-refractivity contribution in [1.29, 1.82) is 0 Å². The van der Waals surface area contributed by atoms with E-state index in [1.807, 2.05) is 0 Å². The van der Waals surface area contributed by atoms with Gasteiger partial charge in [-0.2, -0.15) is 0 Å². The third kappa shape index (κ3) is 7.22. The first-order valence-corrected chi connectivity index (χ1v) is 24.2. The maximum atomic E-state index is 6.92. The van der Waals surface area contributed by atoms with E-state index in [1.165, 1.54) is 52.7 Å². The van der Waals surface area contributed by atoms with E-state index in [0.717, 1.165) is 12.1 Å². The SMILES string of the molecule is CC(C)(C[Si](c1ccccc1)(c1ccccc1)c1cccc2ccccc12)OOC(C)(C)C[Si](c1ccccc1)(c1ccccc1)c1cccc2ccccc12. The van der Waals surface area contributed by atoms with Gasteiger partial charge in [-0.1, -0.05) is 206 Å². The van der Waals surface area contributed by atoms with E-state index in [2.05, 4.69) is 234 Å². The van der Waals surface area contributed by atoms with E-state index >= 15 is 0 Å². The van der Waals surface area contributed by atoms with Crippen LogP contribution < -0.4 is 31.1 Å². The number of hydrogen-bond donors (Lipinski definition) is 0. The number of rotatable bonds is 13. The van der Waals surface area contributed by atoms with Crippen LogP contribution >= 0.6 is 0 Å². The molecule has 0 aromatic heterocycles. The highest BCUT2D eigenvalue weighted by molar-refractivity contribution is 7.13. The zero-order valence-electron chi connectivity index (χ0n) is 32.9. The normalized spacial score (nSPS) is 12.6. The van der Waals surface area contributed by atoms with Gasteiger partial charge >= 0.3 is 0 Å². The molecule has 0 saturated heterocycles. The van der Waals surface area contributed by atoms with Gasteiger partial charge in [-0.05, 0) is 92.4 Å². The van der Waals surface area contributed by atoms with Gasteiger partial charge in [0, 0.05) is 0 Å². The average molecular weight is 763 g/mol. The second-order valence-corrected chi connectivity index (χ2v) is 24.1. The summed E-state index contributed by atoms with van der Waals surface area (Å²) in [5, 5.41) is 13.3. The summed E-state index contributed by atoms with van der Waals surface area (Å²) < 4.78 is 0. The molecule has 0 aliphatic carbocycles. The second kappa shape index (κ2) is 15.6. The highest BCUT2D eigenvalue weighted by Gasteiger charge is 2.48. The smallest absolute Gasteiger partial charge is 0.152 e. The standard InChI is InChI=1S/C52H50O2Si2/c1-51(2,39-55(43-27-9-5-10-28-43,44-29-11-6-12-30-44)49-37-21-25-41-23-17-19-35-47(41)49)53-54-52(3,4)40-56(45-31-13-7-14-32-45,46-33-15-8-16-34-46)50-38-22-26-42-24-18-20-36-48(42)50/h5-38H,39-40H2,1-4H3. The van der Waals surface area contributed by atoms with Crippen LogP contribution in [-0.4, -0.2) is 27.3 Å². The van der Waals surface area contributed by atoms with Gasteiger partial charge < -0.3 is 0 Å². The Morgan fingerprint density at radius 3 is 0.911 bits per heavy atom. The van der Waals surface area contributed by atoms with Gasteiger partial charge in [0.05, 0.1) is 11.2 Å². The number of hydrogen-bond acceptors (Lipinski definition) is 2. The van der Waals surface area contributed by atoms with E-state index < -0.39 is 27.3 Å². The molecule has 56 heavy (non-hydrogen) atoms. The van der Waals surface area contributed by atoms with Crippen LogP contribution in [0, 0.1) is 0 Å². The Balaban J connectivity index is 1.22. The second-order valence-electron chi connectivity index (χ2n) is 16.4. The van der Waals surface area contributed by atoms with E-state index in [1.54, 1.807) is 0 Å². The predicted molar refractivity (Wildman–Crippen MR) is 243 cm³/mol. The lowest BCUT2D eigenvalue weighted by molar-refractivity contribution is -0.393. The average Bonchev–Trinajstić information content (AvgIpc) is 3.25. The minimum Gasteiger partial charge on any atom is -0.230 e. The largest absolute Gasteiger partial charge is 0.230 e. The molecule has 8 rings (SSSR count). The van der Waals surface area contributed by atoms with Gasteiger partial charge in [-0.15, -0.1) is 0 Å². The van der Waals surface area contributed by atoms with Crippen molar-refractivity contribution in [2.75, 3.05) is 0 Å².